The summed E-state index contributed by atoms with van der Waals surface area (Å²) < 4.78 is 17.9. The highest BCUT2D eigenvalue weighted by Crippen LogP contribution is 2.35. The Morgan fingerprint density at radius 1 is 1.19 bits per heavy atom. The molecule has 0 amide bonds. The minimum atomic E-state index is -0.476. The number of carbonyl (C=O) groups is 1. The Hall–Kier alpha value is -2.61. The summed E-state index contributed by atoms with van der Waals surface area (Å²) in [5, 5.41) is 0. The molecule has 2 aromatic rings. The topological polar surface area (TPSA) is 57.1 Å². The summed E-state index contributed by atoms with van der Waals surface area (Å²) in [5.74, 6) is 1.11. The second-order valence-corrected chi connectivity index (χ2v) is 9.83. The van der Waals surface area contributed by atoms with Gasteiger partial charge in [-0.3, -0.25) is 0 Å². The fraction of sp³-hybridized carbons (Fsp3) is 0.308. The first-order valence-corrected chi connectivity index (χ1v) is 11.5. The molecule has 2 aromatic carbocycles. The minimum Gasteiger partial charge on any atom is -0.490 e. The average Bonchev–Trinajstić information content (AvgIpc) is 3.07. The number of hydrogen-bond acceptors (Lipinski definition) is 5. The predicted molar refractivity (Wildman–Crippen MR) is 136 cm³/mol. The highest BCUT2D eigenvalue weighted by atomic mass is 127. The van der Waals surface area contributed by atoms with Crippen LogP contribution in [0.4, 0.5) is 0 Å². The van der Waals surface area contributed by atoms with E-state index in [0.717, 1.165) is 20.3 Å². The summed E-state index contributed by atoms with van der Waals surface area (Å²) in [7, 11) is 0. The second kappa shape index (κ2) is 9.90. The van der Waals surface area contributed by atoms with Crippen LogP contribution >= 0.6 is 22.6 Å². The number of benzene rings is 2. The maximum absolute atomic E-state index is 12.5. The van der Waals surface area contributed by atoms with Crippen molar-refractivity contribution >= 4 is 40.5 Å². The van der Waals surface area contributed by atoms with Gasteiger partial charge in [-0.15, -0.1) is 0 Å². The van der Waals surface area contributed by atoms with Gasteiger partial charge in [0.1, 0.15) is 6.61 Å². The summed E-state index contributed by atoms with van der Waals surface area (Å²) in [5.41, 5.74) is 3.96. The van der Waals surface area contributed by atoms with Gasteiger partial charge in [-0.25, -0.2) is 9.79 Å². The predicted octanol–water partition coefficient (Wildman–Crippen LogP) is 6.29. The van der Waals surface area contributed by atoms with Crippen LogP contribution in [0.15, 0.2) is 59.2 Å². The Labute approximate surface area is 203 Å². The van der Waals surface area contributed by atoms with Crippen LogP contribution in [0.3, 0.4) is 0 Å². The summed E-state index contributed by atoms with van der Waals surface area (Å²) in [6.45, 7) is 15.1. The van der Waals surface area contributed by atoms with Gasteiger partial charge >= 0.3 is 5.97 Å². The van der Waals surface area contributed by atoms with E-state index in [1.807, 2.05) is 50.2 Å². The molecule has 1 heterocycles. The maximum Gasteiger partial charge on any atom is 0.363 e. The molecule has 1 aliphatic rings. The van der Waals surface area contributed by atoms with Crippen LogP contribution in [0.1, 0.15) is 51.3 Å². The van der Waals surface area contributed by atoms with Crippen LogP contribution in [0.2, 0.25) is 0 Å². The van der Waals surface area contributed by atoms with Crippen LogP contribution in [-0.2, 0) is 14.9 Å². The number of halogens is 1. The third-order valence-electron chi connectivity index (χ3n) is 4.72. The fourth-order valence-electron chi connectivity index (χ4n) is 3.07. The summed E-state index contributed by atoms with van der Waals surface area (Å²) in [4.78, 5) is 16.9. The van der Waals surface area contributed by atoms with Gasteiger partial charge in [0.2, 0.25) is 5.90 Å². The van der Waals surface area contributed by atoms with E-state index in [0.29, 0.717) is 30.6 Å². The zero-order chi connectivity index (χ0) is 23.5. The molecule has 0 saturated heterocycles. The lowest BCUT2D eigenvalue weighted by Crippen LogP contribution is -2.11. The monoisotopic (exact) mass is 545 g/mol. The number of cyclic esters (lactones) is 1. The van der Waals surface area contributed by atoms with Crippen molar-refractivity contribution < 1.29 is 19.0 Å². The highest BCUT2D eigenvalue weighted by molar-refractivity contribution is 14.1. The van der Waals surface area contributed by atoms with Crippen molar-refractivity contribution in [3.63, 3.8) is 0 Å². The molecule has 6 heteroatoms. The number of aliphatic imine (C=N–C) groups is 1. The van der Waals surface area contributed by atoms with Gasteiger partial charge < -0.3 is 14.2 Å². The van der Waals surface area contributed by atoms with Crippen molar-refractivity contribution in [3.8, 4) is 11.5 Å². The standard InChI is InChI=1S/C26H28INO4/c1-7-30-22-14-17(12-20(27)23(22)31-15-16(2)3)13-21-25(29)32-24(28-21)18-8-10-19(11-9-18)26(4,5)6/h8-14H,2,7,15H2,1,3-6H3. The van der Waals surface area contributed by atoms with Crippen LogP contribution in [0, 0.1) is 3.57 Å². The molecule has 0 saturated carbocycles. The maximum atomic E-state index is 12.5. The van der Waals surface area contributed by atoms with Crippen molar-refractivity contribution in [1.82, 2.24) is 0 Å². The van der Waals surface area contributed by atoms with Crippen LogP contribution in [0.5, 0.6) is 11.5 Å². The van der Waals surface area contributed by atoms with Crippen LogP contribution < -0.4 is 9.47 Å². The van der Waals surface area contributed by atoms with E-state index in [2.05, 4.69) is 54.9 Å². The first-order chi connectivity index (χ1) is 15.1. The summed E-state index contributed by atoms with van der Waals surface area (Å²) >= 11 is 2.20. The van der Waals surface area contributed by atoms with Gasteiger partial charge in [-0.1, -0.05) is 39.5 Å². The van der Waals surface area contributed by atoms with Gasteiger partial charge in [0.15, 0.2) is 17.2 Å². The van der Waals surface area contributed by atoms with Gasteiger partial charge in [-0.05, 0) is 88.9 Å². The Morgan fingerprint density at radius 2 is 1.88 bits per heavy atom. The minimum absolute atomic E-state index is 0.0490. The lowest BCUT2D eigenvalue weighted by molar-refractivity contribution is -0.129. The van der Waals surface area contributed by atoms with Crippen molar-refractivity contribution in [2.45, 2.75) is 40.0 Å². The normalized spacial score (nSPS) is 14.9. The SMILES string of the molecule is C=C(C)COc1c(I)cc(C=C2N=C(c3ccc(C(C)(C)C)cc3)OC2=O)cc1OCC. The molecule has 0 N–H and O–H groups in total. The van der Waals surface area contributed by atoms with E-state index in [1.165, 1.54) is 5.56 Å². The second-order valence-electron chi connectivity index (χ2n) is 8.67. The summed E-state index contributed by atoms with van der Waals surface area (Å²) in [6.07, 6.45) is 1.70. The Balaban J connectivity index is 1.91. The van der Waals surface area contributed by atoms with Gasteiger partial charge in [0.05, 0.1) is 10.2 Å². The molecule has 0 atom stereocenters. The number of ether oxygens (including phenoxy) is 3. The quantitative estimate of drug-likeness (QED) is 0.178. The number of rotatable bonds is 7. The molecule has 0 aromatic heterocycles. The molecule has 5 nitrogen and oxygen atoms in total. The molecular formula is C26H28INO4. The molecule has 1 aliphatic heterocycles. The lowest BCUT2D eigenvalue weighted by Gasteiger charge is -2.18. The molecule has 0 fully saturated rings. The van der Waals surface area contributed by atoms with Crippen molar-refractivity contribution in [2.75, 3.05) is 13.2 Å². The third-order valence-corrected chi connectivity index (χ3v) is 5.52. The van der Waals surface area contributed by atoms with Gasteiger partial charge in [-0.2, -0.15) is 0 Å². The lowest BCUT2D eigenvalue weighted by atomic mass is 9.87. The number of esters is 1. The van der Waals surface area contributed by atoms with Crippen LogP contribution in [-0.4, -0.2) is 25.1 Å². The van der Waals surface area contributed by atoms with E-state index in [4.69, 9.17) is 14.2 Å². The zero-order valence-electron chi connectivity index (χ0n) is 19.1. The van der Waals surface area contributed by atoms with Crippen molar-refractivity contribution in [3.05, 3.63) is 74.5 Å². The molecule has 0 radical (unpaired) electrons. The molecule has 0 bridgehead atoms. The summed E-state index contributed by atoms with van der Waals surface area (Å²) in [6, 6.07) is 11.7. The number of carbonyl (C=O) groups excluding carboxylic acids is 1. The highest BCUT2D eigenvalue weighted by Gasteiger charge is 2.25. The smallest absolute Gasteiger partial charge is 0.363 e. The van der Waals surface area contributed by atoms with E-state index in [-0.39, 0.29) is 11.1 Å². The Kier molecular flexibility index (Phi) is 7.44. The zero-order valence-corrected chi connectivity index (χ0v) is 21.3. The van der Waals surface area contributed by atoms with E-state index >= 15 is 0 Å². The number of hydrogen-bond donors (Lipinski definition) is 0. The molecular weight excluding hydrogens is 517 g/mol. The third kappa shape index (κ3) is 5.79. The first kappa shape index (κ1) is 24.0. The number of nitrogens with zero attached hydrogens (tertiary/aromatic N) is 1. The fourth-order valence-corrected chi connectivity index (χ4v) is 3.85. The molecule has 3 rings (SSSR count). The van der Waals surface area contributed by atoms with E-state index in [9.17, 15) is 4.79 Å². The Morgan fingerprint density at radius 3 is 2.47 bits per heavy atom. The van der Waals surface area contributed by atoms with E-state index < -0.39 is 5.97 Å². The molecule has 168 valence electrons. The molecule has 0 spiro atoms. The van der Waals surface area contributed by atoms with Crippen molar-refractivity contribution in [2.24, 2.45) is 4.99 Å². The first-order valence-electron chi connectivity index (χ1n) is 10.5. The Bertz CT molecular complexity index is 1090. The molecule has 0 unspecified atom stereocenters. The molecule has 32 heavy (non-hydrogen) atoms. The van der Waals surface area contributed by atoms with Crippen LogP contribution in [0.25, 0.3) is 6.08 Å². The average molecular weight is 545 g/mol. The largest absolute Gasteiger partial charge is 0.490 e. The van der Waals surface area contributed by atoms with Gasteiger partial charge in [0, 0.05) is 5.56 Å². The van der Waals surface area contributed by atoms with Crippen molar-refractivity contribution in [1.29, 1.82) is 0 Å². The van der Waals surface area contributed by atoms with Gasteiger partial charge in [0.25, 0.3) is 0 Å². The van der Waals surface area contributed by atoms with E-state index in [1.54, 1.807) is 6.08 Å². The molecule has 0 aliphatic carbocycles.